The summed E-state index contributed by atoms with van der Waals surface area (Å²) in [6.07, 6.45) is 3.71. The predicted octanol–water partition coefficient (Wildman–Crippen LogP) is 3.94. The maximum Gasteiger partial charge on any atom is 0.317 e. The number of nitriles is 1. The summed E-state index contributed by atoms with van der Waals surface area (Å²) in [4.78, 5) is 17.0. The van der Waals surface area contributed by atoms with Crippen LogP contribution in [0.1, 0.15) is 43.4 Å². The third-order valence-electron chi connectivity index (χ3n) is 6.19. The first kappa shape index (κ1) is 25.2. The molecule has 3 aromatic rings. The third kappa shape index (κ3) is 5.66. The van der Waals surface area contributed by atoms with Crippen molar-refractivity contribution < 1.29 is 19.2 Å². The molecule has 188 valence electrons. The maximum atomic E-state index is 10.9. The van der Waals surface area contributed by atoms with Crippen molar-refractivity contribution in [3.63, 3.8) is 0 Å². The van der Waals surface area contributed by atoms with E-state index in [2.05, 4.69) is 27.6 Å². The molecule has 1 unspecified atom stereocenters. The van der Waals surface area contributed by atoms with E-state index in [9.17, 15) is 10.1 Å². The van der Waals surface area contributed by atoms with Crippen LogP contribution in [0.25, 0.3) is 22.8 Å². The lowest BCUT2D eigenvalue weighted by Gasteiger charge is -2.13. The Bertz CT molecular complexity index is 1260. The number of urea groups is 1. The number of carbonyl (C=O) groups is 1. The van der Waals surface area contributed by atoms with Gasteiger partial charge in [0, 0.05) is 31.3 Å². The number of hydrogen-bond acceptors (Lipinski definition) is 7. The largest absolute Gasteiger partial charge is 0.490 e. The minimum Gasteiger partial charge on any atom is -0.490 e. The van der Waals surface area contributed by atoms with Crippen molar-refractivity contribution in [3.8, 4) is 34.7 Å². The number of nitrogens with one attached hydrogen (secondary N) is 1. The fraction of sp³-hybridized carbons (Fsp3) is 0.407. The summed E-state index contributed by atoms with van der Waals surface area (Å²) in [5.41, 5.74) is 4.89. The Hall–Kier alpha value is -3.90. The number of amides is 2. The van der Waals surface area contributed by atoms with Gasteiger partial charge in [0.25, 0.3) is 5.89 Å². The van der Waals surface area contributed by atoms with Gasteiger partial charge in [-0.25, -0.2) is 4.79 Å². The average Bonchev–Trinajstić information content (AvgIpc) is 3.64. The summed E-state index contributed by atoms with van der Waals surface area (Å²) in [5, 5.41) is 25.1. The Labute approximate surface area is 210 Å². The van der Waals surface area contributed by atoms with Gasteiger partial charge in [-0.05, 0) is 68.9 Å². The second-order valence-electron chi connectivity index (χ2n) is 9.15. The monoisotopic (exact) mass is 489 g/mol. The van der Waals surface area contributed by atoms with E-state index in [1.54, 1.807) is 24.1 Å². The maximum absolute atomic E-state index is 10.9. The van der Waals surface area contributed by atoms with E-state index in [1.165, 1.54) is 17.5 Å². The molecule has 1 saturated heterocycles. The topological polar surface area (TPSA) is 125 Å². The molecule has 0 spiro atoms. The first-order valence-corrected chi connectivity index (χ1v) is 12.2. The number of benzene rings is 2. The number of fused-ring (bicyclic) bond motifs is 1. The molecule has 2 amide bonds. The molecule has 2 heterocycles. The molecule has 2 aromatic carbocycles. The molecular weight excluding hydrogens is 458 g/mol. The van der Waals surface area contributed by atoms with Crippen LogP contribution in [0.3, 0.4) is 0 Å². The fourth-order valence-electron chi connectivity index (χ4n) is 4.47. The van der Waals surface area contributed by atoms with E-state index in [-0.39, 0.29) is 18.2 Å². The normalized spacial score (nSPS) is 16.2. The molecule has 2 aliphatic rings. The number of likely N-dealkylation sites (tertiary alicyclic amines) is 1. The Morgan fingerprint density at radius 3 is 2.83 bits per heavy atom. The lowest BCUT2D eigenvalue weighted by molar-refractivity contribution is 0.173. The Morgan fingerprint density at radius 1 is 1.31 bits per heavy atom. The number of aliphatic hydroxyl groups excluding tert-OH is 1. The number of aliphatic hydroxyl groups is 1. The number of aryl methyl sites for hydroxylation is 1. The Kier molecular flexibility index (Phi) is 7.86. The van der Waals surface area contributed by atoms with Gasteiger partial charge in [-0.2, -0.15) is 10.2 Å². The van der Waals surface area contributed by atoms with Gasteiger partial charge in [0.1, 0.15) is 11.8 Å². The lowest BCUT2D eigenvalue weighted by atomic mass is 10.0. The standard InChI is InChI=1S/C21H19N3O2.C6H12N2O2/c1-13(2)25-19-10-9-15(11-16(19)12-22)21-23-20(24-26-21)18-8-4-6-14-5-3-7-17(14)18;1-7-6(10)8-3-2-5(9)4-8/h4,6,8-11,13H,3,5,7H2,1-2H3;5,9H,2-4H2,1H3,(H,7,10). The molecule has 2 N–H and O–H groups in total. The van der Waals surface area contributed by atoms with E-state index in [0.29, 0.717) is 48.1 Å². The Morgan fingerprint density at radius 2 is 2.14 bits per heavy atom. The second-order valence-corrected chi connectivity index (χ2v) is 9.15. The SMILES string of the molecule is CC(C)Oc1ccc(-c2nc(-c3cccc4c3CCC4)no2)cc1C#N.CNC(=O)N1CCC(O)C1. The van der Waals surface area contributed by atoms with Crippen LogP contribution in [0.4, 0.5) is 4.79 Å². The molecule has 0 saturated carbocycles. The molecule has 1 aromatic heterocycles. The average molecular weight is 490 g/mol. The van der Waals surface area contributed by atoms with Crippen molar-refractivity contribution in [2.75, 3.05) is 20.1 Å². The van der Waals surface area contributed by atoms with Crippen molar-refractivity contribution in [2.45, 2.75) is 51.7 Å². The van der Waals surface area contributed by atoms with Crippen molar-refractivity contribution in [1.29, 1.82) is 5.26 Å². The third-order valence-corrected chi connectivity index (χ3v) is 6.19. The van der Waals surface area contributed by atoms with E-state index in [4.69, 9.17) is 14.4 Å². The number of hydrogen-bond donors (Lipinski definition) is 2. The van der Waals surface area contributed by atoms with Crippen LogP contribution in [-0.4, -0.2) is 58.5 Å². The van der Waals surface area contributed by atoms with Crippen LogP contribution in [0, 0.1) is 11.3 Å². The smallest absolute Gasteiger partial charge is 0.317 e. The van der Waals surface area contributed by atoms with Gasteiger partial charge >= 0.3 is 6.03 Å². The first-order valence-electron chi connectivity index (χ1n) is 12.2. The summed E-state index contributed by atoms with van der Waals surface area (Å²) >= 11 is 0. The highest BCUT2D eigenvalue weighted by Gasteiger charge is 2.23. The van der Waals surface area contributed by atoms with Gasteiger partial charge in [-0.3, -0.25) is 0 Å². The van der Waals surface area contributed by atoms with E-state index >= 15 is 0 Å². The number of nitrogens with zero attached hydrogens (tertiary/aromatic N) is 4. The summed E-state index contributed by atoms with van der Waals surface area (Å²) in [6.45, 7) is 5.00. The van der Waals surface area contributed by atoms with Crippen molar-refractivity contribution in [3.05, 3.63) is 53.1 Å². The van der Waals surface area contributed by atoms with Gasteiger partial charge < -0.3 is 24.6 Å². The van der Waals surface area contributed by atoms with Gasteiger partial charge in [0.05, 0.1) is 17.8 Å². The van der Waals surface area contributed by atoms with Crippen LogP contribution in [0.5, 0.6) is 5.75 Å². The highest BCUT2D eigenvalue weighted by atomic mass is 16.5. The van der Waals surface area contributed by atoms with Crippen LogP contribution in [0.2, 0.25) is 0 Å². The molecule has 5 rings (SSSR count). The molecule has 9 nitrogen and oxygen atoms in total. The first-order chi connectivity index (χ1) is 17.4. The molecule has 1 aliphatic heterocycles. The predicted molar refractivity (Wildman–Crippen MR) is 134 cm³/mol. The number of β-amino-alcohol motifs (C(OH)–C–C–N with tert-alkyl or cyclic N) is 1. The van der Waals surface area contributed by atoms with E-state index in [0.717, 1.165) is 18.4 Å². The molecule has 1 atom stereocenters. The number of ether oxygens (including phenoxy) is 1. The Balaban J connectivity index is 0.000000256. The molecule has 1 aliphatic carbocycles. The summed E-state index contributed by atoms with van der Waals surface area (Å²) < 4.78 is 11.1. The zero-order chi connectivity index (χ0) is 25.7. The number of carbonyl (C=O) groups excluding carboxylic acids is 1. The number of aromatic nitrogens is 2. The van der Waals surface area contributed by atoms with Gasteiger partial charge in [0.15, 0.2) is 0 Å². The highest BCUT2D eigenvalue weighted by molar-refractivity contribution is 5.74. The van der Waals surface area contributed by atoms with Gasteiger partial charge in [0.2, 0.25) is 5.82 Å². The molecular formula is C27H31N5O4. The molecule has 1 fully saturated rings. The van der Waals surface area contributed by atoms with Crippen LogP contribution >= 0.6 is 0 Å². The molecule has 9 heteroatoms. The minimum atomic E-state index is -0.322. The van der Waals surface area contributed by atoms with Crippen LogP contribution in [0.15, 0.2) is 40.9 Å². The van der Waals surface area contributed by atoms with E-state index < -0.39 is 0 Å². The summed E-state index contributed by atoms with van der Waals surface area (Å²) in [7, 11) is 1.59. The highest BCUT2D eigenvalue weighted by Crippen LogP contribution is 2.33. The molecule has 36 heavy (non-hydrogen) atoms. The molecule has 0 bridgehead atoms. The zero-order valence-corrected chi connectivity index (χ0v) is 20.8. The summed E-state index contributed by atoms with van der Waals surface area (Å²) in [5.74, 6) is 1.56. The van der Waals surface area contributed by atoms with Gasteiger partial charge in [-0.1, -0.05) is 23.4 Å². The van der Waals surface area contributed by atoms with Crippen LogP contribution < -0.4 is 10.1 Å². The summed E-state index contributed by atoms with van der Waals surface area (Å²) in [6, 6.07) is 13.7. The number of rotatable bonds is 4. The van der Waals surface area contributed by atoms with Crippen molar-refractivity contribution in [1.82, 2.24) is 20.4 Å². The van der Waals surface area contributed by atoms with Crippen molar-refractivity contribution in [2.24, 2.45) is 0 Å². The van der Waals surface area contributed by atoms with Gasteiger partial charge in [-0.15, -0.1) is 0 Å². The minimum absolute atomic E-state index is 0.00290. The fourth-order valence-corrected chi connectivity index (χ4v) is 4.47. The quantitative estimate of drug-likeness (QED) is 0.569. The van der Waals surface area contributed by atoms with Crippen molar-refractivity contribution >= 4 is 6.03 Å². The second kappa shape index (κ2) is 11.2. The molecule has 0 radical (unpaired) electrons. The van der Waals surface area contributed by atoms with E-state index in [1.807, 2.05) is 32.0 Å². The zero-order valence-electron chi connectivity index (χ0n) is 20.8. The lowest BCUT2D eigenvalue weighted by Crippen LogP contribution is -2.36. The van der Waals surface area contributed by atoms with Crippen LogP contribution in [-0.2, 0) is 12.8 Å².